The first-order chi connectivity index (χ1) is 11.1. The number of nitrogens with one attached hydrogen (secondary N) is 1. The van der Waals surface area contributed by atoms with E-state index < -0.39 is 17.7 Å². The van der Waals surface area contributed by atoms with Crippen LogP contribution in [0.1, 0.15) is 0 Å². The van der Waals surface area contributed by atoms with Gasteiger partial charge in [-0.2, -0.15) is 0 Å². The number of hydrogen-bond acceptors (Lipinski definition) is 4. The summed E-state index contributed by atoms with van der Waals surface area (Å²) in [5.74, 6) is -1.75. The number of amides is 2. The fourth-order valence-electron chi connectivity index (χ4n) is 2.42. The highest BCUT2D eigenvalue weighted by Crippen LogP contribution is 2.27. The van der Waals surface area contributed by atoms with Gasteiger partial charge in [0, 0.05) is 11.8 Å². The number of rotatable bonds is 3. The van der Waals surface area contributed by atoms with Gasteiger partial charge in [0.05, 0.1) is 18.7 Å². The van der Waals surface area contributed by atoms with Gasteiger partial charge < -0.3 is 15.2 Å². The Morgan fingerprint density at radius 3 is 2.96 bits per heavy atom. The molecule has 1 aromatic rings. The van der Waals surface area contributed by atoms with Crippen molar-refractivity contribution in [3.05, 3.63) is 59.9 Å². The number of allylic oxidation sites excluding steroid dienone is 4. The molecule has 1 heterocycles. The van der Waals surface area contributed by atoms with E-state index in [9.17, 15) is 14.7 Å². The molecule has 1 unspecified atom stereocenters. The van der Waals surface area contributed by atoms with Crippen molar-refractivity contribution in [1.29, 1.82) is 0 Å². The third-order valence-electron chi connectivity index (χ3n) is 3.55. The van der Waals surface area contributed by atoms with E-state index in [4.69, 9.17) is 4.74 Å². The molecule has 23 heavy (non-hydrogen) atoms. The summed E-state index contributed by atoms with van der Waals surface area (Å²) in [6, 6.07) is 6.70. The Morgan fingerprint density at radius 2 is 2.17 bits per heavy atom. The number of ether oxygens (including phenoxy) is 1. The number of aliphatic hydroxyl groups excluding tert-OH is 1. The van der Waals surface area contributed by atoms with E-state index in [1.54, 1.807) is 48.6 Å². The Hall–Kier alpha value is -3.15. The van der Waals surface area contributed by atoms with Crippen LogP contribution in [0.15, 0.2) is 64.9 Å². The molecule has 3 rings (SSSR count). The van der Waals surface area contributed by atoms with Crippen molar-refractivity contribution in [3.63, 3.8) is 0 Å². The predicted octanol–water partition coefficient (Wildman–Crippen LogP) is 2.17. The van der Waals surface area contributed by atoms with Crippen LogP contribution in [0.3, 0.4) is 0 Å². The zero-order chi connectivity index (χ0) is 16.4. The summed E-state index contributed by atoms with van der Waals surface area (Å²) in [5.41, 5.74) is 0.533. The molecule has 1 aliphatic carbocycles. The molecule has 0 saturated heterocycles. The third-order valence-corrected chi connectivity index (χ3v) is 3.55. The number of nitrogens with zero attached hydrogens (tertiary/aromatic N) is 1. The molecule has 1 aliphatic heterocycles. The number of dihydropyridines is 1. The van der Waals surface area contributed by atoms with Gasteiger partial charge in [0.25, 0.3) is 11.8 Å². The van der Waals surface area contributed by atoms with Crippen molar-refractivity contribution in [3.8, 4) is 5.75 Å². The van der Waals surface area contributed by atoms with Crippen LogP contribution in [0.4, 0.5) is 5.69 Å². The van der Waals surface area contributed by atoms with Gasteiger partial charge in [-0.1, -0.05) is 24.3 Å². The lowest BCUT2D eigenvalue weighted by Gasteiger charge is -2.21. The van der Waals surface area contributed by atoms with Crippen LogP contribution in [-0.2, 0) is 9.59 Å². The summed E-state index contributed by atoms with van der Waals surface area (Å²) < 4.78 is 5.08. The van der Waals surface area contributed by atoms with Crippen molar-refractivity contribution in [2.45, 2.75) is 0 Å². The Labute approximate surface area is 132 Å². The molecule has 2 aliphatic rings. The van der Waals surface area contributed by atoms with Gasteiger partial charge in [-0.15, -0.1) is 0 Å². The van der Waals surface area contributed by atoms with E-state index in [0.29, 0.717) is 17.1 Å². The van der Waals surface area contributed by atoms with Gasteiger partial charge >= 0.3 is 0 Å². The molecule has 0 fully saturated rings. The molecule has 6 nitrogen and oxygen atoms in total. The van der Waals surface area contributed by atoms with Crippen LogP contribution in [0.5, 0.6) is 5.75 Å². The van der Waals surface area contributed by atoms with E-state index in [1.807, 2.05) is 0 Å². The number of carbonyl (C=O) groups excluding carboxylic acids is 2. The Morgan fingerprint density at radius 1 is 1.35 bits per heavy atom. The van der Waals surface area contributed by atoms with E-state index in [1.165, 1.54) is 7.11 Å². The summed E-state index contributed by atoms with van der Waals surface area (Å²) in [4.78, 5) is 28.3. The van der Waals surface area contributed by atoms with Crippen molar-refractivity contribution in [2.75, 3.05) is 12.4 Å². The lowest BCUT2D eigenvalue weighted by atomic mass is 9.90. The molecule has 0 radical (unpaired) electrons. The maximum Gasteiger partial charge on any atom is 0.286 e. The van der Waals surface area contributed by atoms with E-state index in [-0.39, 0.29) is 11.3 Å². The van der Waals surface area contributed by atoms with Crippen LogP contribution in [0.25, 0.3) is 0 Å². The van der Waals surface area contributed by atoms with Crippen molar-refractivity contribution in [1.82, 2.24) is 0 Å². The highest BCUT2D eigenvalue weighted by Gasteiger charge is 2.34. The number of anilines is 1. The first-order valence-corrected chi connectivity index (χ1v) is 6.96. The zero-order valence-corrected chi connectivity index (χ0v) is 12.3. The smallest absolute Gasteiger partial charge is 0.286 e. The van der Waals surface area contributed by atoms with Crippen molar-refractivity contribution in [2.24, 2.45) is 10.9 Å². The minimum absolute atomic E-state index is 0.291. The fourth-order valence-corrected chi connectivity index (χ4v) is 2.42. The van der Waals surface area contributed by atoms with E-state index in [2.05, 4.69) is 10.3 Å². The Bertz CT molecular complexity index is 803. The fraction of sp³-hybridized carbons (Fsp3) is 0.118. The van der Waals surface area contributed by atoms with Crippen molar-refractivity contribution < 1.29 is 19.4 Å². The average molecular weight is 310 g/mol. The molecule has 1 atom stereocenters. The van der Waals surface area contributed by atoms with Crippen molar-refractivity contribution >= 4 is 23.2 Å². The number of benzene rings is 1. The largest absolute Gasteiger partial charge is 0.510 e. The molecular formula is C17H14N2O4. The molecule has 2 N–H and O–H groups in total. The first-order valence-electron chi connectivity index (χ1n) is 6.96. The number of aliphatic imine (C=N–C) groups is 1. The van der Waals surface area contributed by atoms with E-state index >= 15 is 0 Å². The van der Waals surface area contributed by atoms with Gasteiger partial charge in [-0.05, 0) is 18.2 Å². The number of hydrogen-bond donors (Lipinski definition) is 2. The topological polar surface area (TPSA) is 88.0 Å². The minimum Gasteiger partial charge on any atom is -0.510 e. The number of fused-ring (bicyclic) bond motifs is 1. The summed E-state index contributed by atoms with van der Waals surface area (Å²) in [6.45, 7) is 0. The minimum atomic E-state index is -0.755. The van der Waals surface area contributed by atoms with Gasteiger partial charge in [-0.25, -0.2) is 4.99 Å². The molecular weight excluding hydrogens is 296 g/mol. The monoisotopic (exact) mass is 310 g/mol. The maximum absolute atomic E-state index is 12.4. The Balaban J connectivity index is 1.88. The second-order valence-electron chi connectivity index (χ2n) is 5.01. The first kappa shape index (κ1) is 14.8. The quantitative estimate of drug-likeness (QED) is 0.838. The SMILES string of the molecule is COc1cccc(NC(=O)C2=C(O)C3C=CC=CC3=NC2=O)c1. The predicted molar refractivity (Wildman–Crippen MR) is 85.5 cm³/mol. The lowest BCUT2D eigenvalue weighted by molar-refractivity contribution is -0.119. The average Bonchev–Trinajstić information content (AvgIpc) is 2.55. The van der Waals surface area contributed by atoms with Gasteiger partial charge in [0.1, 0.15) is 17.1 Å². The van der Waals surface area contributed by atoms with Crippen LogP contribution in [-0.4, -0.2) is 29.7 Å². The second kappa shape index (κ2) is 5.92. The second-order valence-corrected chi connectivity index (χ2v) is 5.01. The van der Waals surface area contributed by atoms with Gasteiger partial charge in [-0.3, -0.25) is 9.59 Å². The van der Waals surface area contributed by atoms with Crippen LogP contribution < -0.4 is 10.1 Å². The summed E-state index contributed by atoms with van der Waals surface area (Å²) in [5, 5.41) is 12.9. The highest BCUT2D eigenvalue weighted by atomic mass is 16.5. The molecule has 0 aromatic heterocycles. The number of aliphatic hydroxyl groups is 1. The lowest BCUT2D eigenvalue weighted by Crippen LogP contribution is -2.30. The van der Waals surface area contributed by atoms with E-state index in [0.717, 1.165) is 0 Å². The number of methoxy groups -OCH3 is 1. The molecule has 1 aromatic carbocycles. The normalized spacial score (nSPS) is 19.3. The highest BCUT2D eigenvalue weighted by molar-refractivity contribution is 6.28. The summed E-state index contributed by atoms with van der Waals surface area (Å²) >= 11 is 0. The molecule has 116 valence electrons. The van der Waals surface area contributed by atoms with Gasteiger partial charge in [0.15, 0.2) is 0 Å². The number of carbonyl (C=O) groups is 2. The maximum atomic E-state index is 12.4. The van der Waals surface area contributed by atoms with Crippen LogP contribution in [0, 0.1) is 5.92 Å². The van der Waals surface area contributed by atoms with Crippen LogP contribution >= 0.6 is 0 Å². The Kier molecular flexibility index (Phi) is 3.80. The molecule has 2 amide bonds. The zero-order valence-electron chi connectivity index (χ0n) is 12.3. The molecule has 0 spiro atoms. The molecule has 0 saturated carbocycles. The molecule has 0 bridgehead atoms. The standard InChI is InChI=1S/C17H14N2O4/c1-23-11-6-4-5-10(9-11)18-16(21)14-15(20)12-7-2-3-8-13(12)19-17(14)22/h2-9,12,20H,1H3,(H,18,21). The van der Waals surface area contributed by atoms with Crippen LogP contribution in [0.2, 0.25) is 0 Å². The summed E-state index contributed by atoms with van der Waals surface area (Å²) in [7, 11) is 1.51. The molecule has 6 heteroatoms. The van der Waals surface area contributed by atoms with Gasteiger partial charge in [0.2, 0.25) is 0 Å². The third kappa shape index (κ3) is 2.78. The summed E-state index contributed by atoms with van der Waals surface area (Å²) in [6.07, 6.45) is 6.76.